The Morgan fingerprint density at radius 3 is 2.71 bits per heavy atom. The number of benzene rings is 1. The van der Waals surface area contributed by atoms with Gasteiger partial charge in [-0.15, -0.1) is 0 Å². The molecule has 0 atom stereocenters. The van der Waals surface area contributed by atoms with Crippen molar-refractivity contribution >= 4 is 29.1 Å². The van der Waals surface area contributed by atoms with Gasteiger partial charge in [0.2, 0.25) is 5.88 Å². The first-order valence-corrected chi connectivity index (χ1v) is 6.80. The molecule has 0 fully saturated rings. The Bertz CT molecular complexity index is 852. The van der Waals surface area contributed by atoms with Gasteiger partial charge in [0.1, 0.15) is 11.8 Å². The molecule has 0 saturated heterocycles. The maximum Gasteiger partial charge on any atom is 0.242 e. The predicted molar refractivity (Wildman–Crippen MR) is 84.9 cm³/mol. The third-order valence-corrected chi connectivity index (χ3v) is 3.52. The van der Waals surface area contributed by atoms with Gasteiger partial charge in [0.25, 0.3) is 0 Å². The number of H-pyrrole nitrogens is 1. The first-order chi connectivity index (χ1) is 10.1. The average molecular weight is 301 g/mol. The Kier molecular flexibility index (Phi) is 3.34. The van der Waals surface area contributed by atoms with Crippen molar-refractivity contribution in [2.45, 2.75) is 0 Å². The maximum absolute atomic E-state index is 5.45. The molecule has 108 valence electrons. The number of nitrogens with one attached hydrogen (secondary N) is 1. The van der Waals surface area contributed by atoms with Crippen molar-refractivity contribution in [1.82, 2.24) is 19.5 Å². The Balaban J connectivity index is 2.37. The number of hydrogen-bond acceptors (Lipinski definition) is 5. The Hall–Kier alpha value is -2.41. The number of imidazole rings is 1. The quantitative estimate of drug-likeness (QED) is 0.753. The molecule has 1 aromatic carbocycles. The summed E-state index contributed by atoms with van der Waals surface area (Å²) in [6, 6.07) is 8.01. The number of fused-ring (bicyclic) bond motifs is 1. The van der Waals surface area contributed by atoms with E-state index in [2.05, 4.69) is 15.0 Å². The van der Waals surface area contributed by atoms with Gasteiger partial charge < -0.3 is 14.6 Å². The third kappa shape index (κ3) is 2.15. The fraction of sp³-hybridized carbons (Fsp3) is 0.214. The Morgan fingerprint density at radius 2 is 2.00 bits per heavy atom. The highest BCUT2D eigenvalue weighted by Crippen LogP contribution is 2.28. The van der Waals surface area contributed by atoms with Gasteiger partial charge in [0.05, 0.1) is 18.5 Å². The lowest BCUT2D eigenvalue weighted by molar-refractivity contribution is 0.401. The largest absolute Gasteiger partial charge is 0.479 e. The standard InChI is InChI=1S/C14H15N5OS/c1-18(2)9-6-4-5-7-10(9)19-12-11(17-14(19)21)13(20-3)16-8-15-12/h4-8H,1-3H3,(H,17,21). The number of aromatic nitrogens is 4. The molecule has 0 saturated carbocycles. The van der Waals surface area contributed by atoms with Gasteiger partial charge in [-0.05, 0) is 24.4 Å². The lowest BCUT2D eigenvalue weighted by Crippen LogP contribution is -2.12. The van der Waals surface area contributed by atoms with Crippen LogP contribution in [0.5, 0.6) is 5.88 Å². The fourth-order valence-electron chi connectivity index (χ4n) is 2.31. The fourth-order valence-corrected chi connectivity index (χ4v) is 2.60. The van der Waals surface area contributed by atoms with Gasteiger partial charge >= 0.3 is 0 Å². The molecule has 0 radical (unpaired) electrons. The van der Waals surface area contributed by atoms with E-state index in [1.165, 1.54) is 6.33 Å². The van der Waals surface area contributed by atoms with Gasteiger partial charge in [-0.25, -0.2) is 4.98 Å². The average Bonchev–Trinajstić information content (AvgIpc) is 2.82. The second kappa shape index (κ2) is 5.17. The van der Waals surface area contributed by atoms with Crippen LogP contribution in [-0.4, -0.2) is 40.7 Å². The van der Waals surface area contributed by atoms with Crippen LogP contribution >= 0.6 is 12.2 Å². The molecule has 0 aliphatic carbocycles. The van der Waals surface area contributed by atoms with E-state index < -0.39 is 0 Å². The van der Waals surface area contributed by atoms with Crippen LogP contribution in [0.1, 0.15) is 0 Å². The van der Waals surface area contributed by atoms with Gasteiger partial charge in [0.15, 0.2) is 10.4 Å². The van der Waals surface area contributed by atoms with Crippen molar-refractivity contribution < 1.29 is 4.74 Å². The lowest BCUT2D eigenvalue weighted by atomic mass is 10.2. The second-order valence-electron chi connectivity index (χ2n) is 4.73. The van der Waals surface area contributed by atoms with E-state index in [4.69, 9.17) is 17.0 Å². The number of hydrogen-bond donors (Lipinski definition) is 1. The normalized spacial score (nSPS) is 10.8. The summed E-state index contributed by atoms with van der Waals surface area (Å²) >= 11 is 5.45. The van der Waals surface area contributed by atoms with Crippen LogP contribution in [0.4, 0.5) is 5.69 Å². The minimum Gasteiger partial charge on any atom is -0.479 e. The van der Waals surface area contributed by atoms with E-state index in [0.717, 1.165) is 11.4 Å². The molecule has 2 heterocycles. The number of nitrogens with zero attached hydrogens (tertiary/aromatic N) is 4. The van der Waals surface area contributed by atoms with Gasteiger partial charge in [-0.2, -0.15) is 4.98 Å². The van der Waals surface area contributed by atoms with E-state index in [1.54, 1.807) is 7.11 Å². The molecule has 6 nitrogen and oxygen atoms in total. The van der Waals surface area contributed by atoms with Crippen LogP contribution in [0.2, 0.25) is 0 Å². The monoisotopic (exact) mass is 301 g/mol. The summed E-state index contributed by atoms with van der Waals surface area (Å²) in [4.78, 5) is 13.6. The van der Waals surface area contributed by atoms with Gasteiger partial charge in [-0.1, -0.05) is 12.1 Å². The van der Waals surface area contributed by atoms with Crippen LogP contribution < -0.4 is 9.64 Å². The van der Waals surface area contributed by atoms with Crippen molar-refractivity contribution in [2.24, 2.45) is 0 Å². The van der Waals surface area contributed by atoms with E-state index in [9.17, 15) is 0 Å². The summed E-state index contributed by atoms with van der Waals surface area (Å²) in [6.45, 7) is 0. The minimum absolute atomic E-state index is 0.479. The summed E-state index contributed by atoms with van der Waals surface area (Å²) < 4.78 is 7.70. The molecular weight excluding hydrogens is 286 g/mol. The van der Waals surface area contributed by atoms with Gasteiger partial charge in [-0.3, -0.25) is 4.57 Å². The second-order valence-corrected chi connectivity index (χ2v) is 5.12. The van der Waals surface area contributed by atoms with Gasteiger partial charge in [0, 0.05) is 14.1 Å². The Morgan fingerprint density at radius 1 is 1.24 bits per heavy atom. The highest BCUT2D eigenvalue weighted by atomic mass is 32.1. The summed E-state index contributed by atoms with van der Waals surface area (Å²) in [7, 11) is 5.56. The van der Waals surface area contributed by atoms with Crippen LogP contribution in [0.3, 0.4) is 0 Å². The van der Waals surface area contributed by atoms with Crippen molar-refractivity contribution in [3.63, 3.8) is 0 Å². The van der Waals surface area contributed by atoms with Crippen molar-refractivity contribution in [2.75, 3.05) is 26.1 Å². The Labute approximate surface area is 127 Å². The van der Waals surface area contributed by atoms with Crippen LogP contribution in [0.25, 0.3) is 16.9 Å². The van der Waals surface area contributed by atoms with E-state index in [1.807, 2.05) is 47.8 Å². The highest BCUT2D eigenvalue weighted by Gasteiger charge is 2.15. The van der Waals surface area contributed by atoms with Crippen LogP contribution in [0, 0.1) is 4.77 Å². The molecule has 0 aliphatic heterocycles. The number of para-hydroxylation sites is 2. The molecule has 0 unspecified atom stereocenters. The highest BCUT2D eigenvalue weighted by molar-refractivity contribution is 7.71. The molecule has 7 heteroatoms. The first-order valence-electron chi connectivity index (χ1n) is 6.40. The number of methoxy groups -OCH3 is 1. The number of ether oxygens (including phenoxy) is 1. The lowest BCUT2D eigenvalue weighted by Gasteiger charge is -2.17. The van der Waals surface area contributed by atoms with Crippen molar-refractivity contribution in [1.29, 1.82) is 0 Å². The smallest absolute Gasteiger partial charge is 0.242 e. The molecule has 3 aromatic rings. The summed E-state index contributed by atoms with van der Waals surface area (Å²) in [6.07, 6.45) is 1.47. The number of anilines is 1. The van der Waals surface area contributed by atoms with Crippen molar-refractivity contribution in [3.05, 3.63) is 35.4 Å². The molecule has 2 aromatic heterocycles. The molecular formula is C14H15N5OS. The molecule has 3 rings (SSSR count). The van der Waals surface area contributed by atoms with Crippen LogP contribution in [-0.2, 0) is 0 Å². The maximum atomic E-state index is 5.45. The van der Waals surface area contributed by atoms with E-state index >= 15 is 0 Å². The molecule has 0 amide bonds. The topological polar surface area (TPSA) is 59.0 Å². The summed E-state index contributed by atoms with van der Waals surface area (Å²) in [5.41, 5.74) is 3.39. The summed E-state index contributed by atoms with van der Waals surface area (Å²) in [5.74, 6) is 0.479. The third-order valence-electron chi connectivity index (χ3n) is 3.24. The van der Waals surface area contributed by atoms with E-state index in [0.29, 0.717) is 21.8 Å². The molecule has 0 aliphatic rings. The van der Waals surface area contributed by atoms with Crippen LogP contribution in [0.15, 0.2) is 30.6 Å². The summed E-state index contributed by atoms with van der Waals surface area (Å²) in [5, 5.41) is 0. The molecule has 0 bridgehead atoms. The zero-order chi connectivity index (χ0) is 15.0. The zero-order valence-corrected chi connectivity index (χ0v) is 12.8. The minimum atomic E-state index is 0.479. The predicted octanol–water partition coefficient (Wildman–Crippen LogP) is 2.55. The molecule has 1 N–H and O–H groups in total. The SMILES string of the molecule is COc1ncnc2c1[nH]c(=S)n2-c1ccccc1N(C)C. The van der Waals surface area contributed by atoms with E-state index in [-0.39, 0.29) is 0 Å². The molecule has 0 spiro atoms. The first kappa shape index (κ1) is 13.6. The molecule has 21 heavy (non-hydrogen) atoms. The van der Waals surface area contributed by atoms with Crippen molar-refractivity contribution in [3.8, 4) is 11.6 Å². The number of aromatic amines is 1. The number of rotatable bonds is 3. The zero-order valence-electron chi connectivity index (χ0n) is 12.0.